The maximum Gasteiger partial charge on any atom is 0.218 e. The average molecular weight is 271 g/mol. The second-order valence-electron chi connectivity index (χ2n) is 4.55. The fraction of sp³-hybridized carbons (Fsp3) is 0.333. The van der Waals surface area contributed by atoms with E-state index in [-0.39, 0.29) is 6.04 Å². The number of ether oxygens (including phenoxy) is 2. The highest BCUT2D eigenvalue weighted by molar-refractivity contribution is 5.45. The van der Waals surface area contributed by atoms with Crippen molar-refractivity contribution >= 4 is 5.82 Å². The monoisotopic (exact) mass is 271 g/mol. The molecule has 0 saturated heterocycles. The molecule has 0 radical (unpaired) electrons. The zero-order chi connectivity index (χ0) is 13.8. The first-order valence-electron chi connectivity index (χ1n) is 6.80. The number of benzene rings is 1. The van der Waals surface area contributed by atoms with Gasteiger partial charge in [0.2, 0.25) is 5.88 Å². The van der Waals surface area contributed by atoms with E-state index in [1.165, 1.54) is 6.33 Å². The fourth-order valence-electron chi connectivity index (χ4n) is 2.32. The van der Waals surface area contributed by atoms with Gasteiger partial charge in [-0.2, -0.15) is 0 Å². The zero-order valence-electron chi connectivity index (χ0n) is 11.4. The summed E-state index contributed by atoms with van der Waals surface area (Å²) in [5.74, 6) is 2.30. The SMILES string of the molecule is CCOc1cc(NC2CCOc3ccccc32)ncn1. The molecule has 1 aromatic heterocycles. The first kappa shape index (κ1) is 12.7. The van der Waals surface area contributed by atoms with Crippen LogP contribution < -0.4 is 14.8 Å². The Labute approximate surface area is 118 Å². The lowest BCUT2D eigenvalue weighted by atomic mass is 10.0. The van der Waals surface area contributed by atoms with Crippen molar-refractivity contribution in [3.8, 4) is 11.6 Å². The summed E-state index contributed by atoms with van der Waals surface area (Å²) >= 11 is 0. The van der Waals surface area contributed by atoms with Crippen LogP contribution in [0.25, 0.3) is 0 Å². The molecule has 1 unspecified atom stereocenters. The van der Waals surface area contributed by atoms with Gasteiger partial charge in [-0.05, 0) is 13.0 Å². The van der Waals surface area contributed by atoms with Gasteiger partial charge < -0.3 is 14.8 Å². The normalized spacial score (nSPS) is 16.9. The molecule has 0 saturated carbocycles. The highest BCUT2D eigenvalue weighted by Crippen LogP contribution is 2.33. The quantitative estimate of drug-likeness (QED) is 0.926. The fourth-order valence-corrected chi connectivity index (χ4v) is 2.32. The molecule has 1 aliphatic rings. The largest absolute Gasteiger partial charge is 0.493 e. The molecule has 0 fully saturated rings. The molecule has 2 heterocycles. The number of para-hydroxylation sites is 1. The van der Waals surface area contributed by atoms with Crippen molar-refractivity contribution in [3.63, 3.8) is 0 Å². The molecule has 1 aliphatic heterocycles. The van der Waals surface area contributed by atoms with Gasteiger partial charge in [0.25, 0.3) is 0 Å². The molecule has 0 spiro atoms. The molecule has 20 heavy (non-hydrogen) atoms. The van der Waals surface area contributed by atoms with E-state index in [1.807, 2.05) is 31.2 Å². The molecule has 1 aromatic carbocycles. The van der Waals surface area contributed by atoms with Gasteiger partial charge in [-0.1, -0.05) is 18.2 Å². The zero-order valence-corrected chi connectivity index (χ0v) is 11.4. The molecule has 0 bridgehead atoms. The number of nitrogens with zero attached hydrogens (tertiary/aromatic N) is 2. The van der Waals surface area contributed by atoms with Crippen molar-refractivity contribution in [1.29, 1.82) is 0 Å². The van der Waals surface area contributed by atoms with Crippen LogP contribution in [-0.4, -0.2) is 23.2 Å². The van der Waals surface area contributed by atoms with Crippen molar-refractivity contribution in [1.82, 2.24) is 9.97 Å². The molecule has 1 atom stereocenters. The van der Waals surface area contributed by atoms with E-state index in [1.54, 1.807) is 0 Å². The Bertz CT molecular complexity index is 589. The summed E-state index contributed by atoms with van der Waals surface area (Å²) in [5.41, 5.74) is 1.16. The van der Waals surface area contributed by atoms with Gasteiger partial charge in [0.15, 0.2) is 0 Å². The summed E-state index contributed by atoms with van der Waals surface area (Å²) in [5, 5.41) is 3.42. The predicted molar refractivity (Wildman–Crippen MR) is 76.1 cm³/mol. The second kappa shape index (κ2) is 5.77. The first-order valence-corrected chi connectivity index (χ1v) is 6.80. The Hall–Kier alpha value is -2.30. The van der Waals surface area contributed by atoms with E-state index >= 15 is 0 Å². The van der Waals surface area contributed by atoms with Gasteiger partial charge in [0, 0.05) is 18.1 Å². The molecular weight excluding hydrogens is 254 g/mol. The van der Waals surface area contributed by atoms with Crippen LogP contribution in [0.4, 0.5) is 5.82 Å². The number of fused-ring (bicyclic) bond motifs is 1. The maximum absolute atomic E-state index is 5.66. The van der Waals surface area contributed by atoms with Gasteiger partial charge >= 0.3 is 0 Å². The van der Waals surface area contributed by atoms with Crippen molar-refractivity contribution in [2.75, 3.05) is 18.5 Å². The third-order valence-corrected chi connectivity index (χ3v) is 3.21. The molecule has 3 rings (SSSR count). The van der Waals surface area contributed by atoms with E-state index in [2.05, 4.69) is 21.4 Å². The number of nitrogens with one attached hydrogen (secondary N) is 1. The van der Waals surface area contributed by atoms with Crippen LogP contribution in [0.3, 0.4) is 0 Å². The summed E-state index contributed by atoms with van der Waals surface area (Å²) in [7, 11) is 0. The van der Waals surface area contributed by atoms with Gasteiger partial charge in [-0.3, -0.25) is 0 Å². The lowest BCUT2D eigenvalue weighted by Crippen LogP contribution is -2.20. The van der Waals surface area contributed by atoms with Crippen LogP contribution in [0.15, 0.2) is 36.7 Å². The van der Waals surface area contributed by atoms with E-state index in [0.29, 0.717) is 19.1 Å². The smallest absolute Gasteiger partial charge is 0.218 e. The number of aromatic nitrogens is 2. The van der Waals surface area contributed by atoms with Gasteiger partial charge in [-0.15, -0.1) is 0 Å². The summed E-state index contributed by atoms with van der Waals surface area (Å²) < 4.78 is 11.0. The number of anilines is 1. The molecule has 5 heteroatoms. The Morgan fingerprint density at radius 1 is 1.35 bits per heavy atom. The Kier molecular flexibility index (Phi) is 3.67. The lowest BCUT2D eigenvalue weighted by Gasteiger charge is -2.27. The van der Waals surface area contributed by atoms with Crippen LogP contribution in [-0.2, 0) is 0 Å². The molecule has 104 valence electrons. The highest BCUT2D eigenvalue weighted by Gasteiger charge is 2.21. The minimum atomic E-state index is 0.198. The summed E-state index contributed by atoms with van der Waals surface area (Å²) in [6.45, 7) is 3.23. The minimum absolute atomic E-state index is 0.198. The van der Waals surface area contributed by atoms with Crippen molar-refractivity contribution < 1.29 is 9.47 Å². The van der Waals surface area contributed by atoms with Crippen LogP contribution >= 0.6 is 0 Å². The van der Waals surface area contributed by atoms with Crippen LogP contribution in [0.2, 0.25) is 0 Å². The van der Waals surface area contributed by atoms with Crippen molar-refractivity contribution in [3.05, 3.63) is 42.2 Å². The minimum Gasteiger partial charge on any atom is -0.493 e. The van der Waals surface area contributed by atoms with Crippen LogP contribution in [0.1, 0.15) is 24.9 Å². The predicted octanol–water partition coefficient (Wildman–Crippen LogP) is 2.81. The first-order chi connectivity index (χ1) is 9.86. The number of hydrogen-bond acceptors (Lipinski definition) is 5. The molecule has 2 aromatic rings. The second-order valence-corrected chi connectivity index (χ2v) is 4.55. The Morgan fingerprint density at radius 3 is 3.15 bits per heavy atom. The van der Waals surface area contributed by atoms with Crippen LogP contribution in [0.5, 0.6) is 11.6 Å². The molecule has 5 nitrogen and oxygen atoms in total. The summed E-state index contributed by atoms with van der Waals surface area (Å²) in [6, 6.07) is 10.1. The molecule has 0 aliphatic carbocycles. The van der Waals surface area contributed by atoms with E-state index in [4.69, 9.17) is 9.47 Å². The number of hydrogen-bond donors (Lipinski definition) is 1. The van der Waals surface area contributed by atoms with Gasteiger partial charge in [-0.25, -0.2) is 9.97 Å². The third-order valence-electron chi connectivity index (χ3n) is 3.21. The molecule has 1 N–H and O–H groups in total. The molecular formula is C15H17N3O2. The average Bonchev–Trinajstić information content (AvgIpc) is 2.48. The lowest BCUT2D eigenvalue weighted by molar-refractivity contribution is 0.274. The number of rotatable bonds is 4. The van der Waals surface area contributed by atoms with Gasteiger partial charge in [0.1, 0.15) is 17.9 Å². The highest BCUT2D eigenvalue weighted by atomic mass is 16.5. The summed E-state index contributed by atoms with van der Waals surface area (Å²) in [6.07, 6.45) is 2.42. The topological polar surface area (TPSA) is 56.3 Å². The Balaban J connectivity index is 1.80. The van der Waals surface area contributed by atoms with E-state index in [9.17, 15) is 0 Å². The Morgan fingerprint density at radius 2 is 2.25 bits per heavy atom. The van der Waals surface area contributed by atoms with Gasteiger partial charge in [0.05, 0.1) is 19.3 Å². The standard InChI is InChI=1S/C15H17N3O2/c1-2-19-15-9-14(16-10-17-15)18-12-7-8-20-13-6-4-3-5-11(12)13/h3-6,9-10,12H,2,7-8H2,1H3,(H,16,17,18). The summed E-state index contributed by atoms with van der Waals surface area (Å²) in [4.78, 5) is 8.31. The van der Waals surface area contributed by atoms with E-state index in [0.717, 1.165) is 23.6 Å². The van der Waals surface area contributed by atoms with Crippen LogP contribution in [0, 0.1) is 0 Å². The van der Waals surface area contributed by atoms with Crippen molar-refractivity contribution in [2.45, 2.75) is 19.4 Å². The third kappa shape index (κ3) is 2.66. The van der Waals surface area contributed by atoms with Crippen molar-refractivity contribution in [2.24, 2.45) is 0 Å². The van der Waals surface area contributed by atoms with E-state index < -0.39 is 0 Å². The molecule has 0 amide bonds. The maximum atomic E-state index is 5.66.